The van der Waals surface area contributed by atoms with Crippen molar-refractivity contribution < 1.29 is 8.81 Å². The van der Waals surface area contributed by atoms with E-state index in [0.717, 1.165) is 41.0 Å². The van der Waals surface area contributed by atoms with Gasteiger partial charge in [-0.2, -0.15) is 0 Å². The molecule has 0 atom stereocenters. The number of aromatic nitrogens is 6. The maximum atomic E-state index is 13.7. The summed E-state index contributed by atoms with van der Waals surface area (Å²) in [4.78, 5) is 9.29. The van der Waals surface area contributed by atoms with E-state index in [1.807, 2.05) is 35.0 Å². The van der Waals surface area contributed by atoms with Gasteiger partial charge in [0, 0.05) is 30.1 Å². The van der Waals surface area contributed by atoms with E-state index in [-0.39, 0.29) is 5.82 Å². The lowest BCUT2D eigenvalue weighted by Gasteiger charge is -2.11. The van der Waals surface area contributed by atoms with Crippen molar-refractivity contribution in [2.45, 2.75) is 26.4 Å². The molecule has 3 aromatic heterocycles. The van der Waals surface area contributed by atoms with Gasteiger partial charge in [0.05, 0.1) is 17.6 Å². The lowest BCUT2D eigenvalue weighted by molar-refractivity contribution is 0.568. The molecule has 0 fully saturated rings. The van der Waals surface area contributed by atoms with Crippen LogP contribution in [-0.4, -0.2) is 29.3 Å². The predicted octanol–water partition coefficient (Wildman–Crippen LogP) is 4.55. The van der Waals surface area contributed by atoms with Crippen molar-refractivity contribution in [3.05, 3.63) is 72.9 Å². The van der Waals surface area contributed by atoms with E-state index in [1.165, 1.54) is 18.5 Å². The molecular weight excluding hydrogens is 383 g/mol. The Morgan fingerprint density at radius 2 is 2.03 bits per heavy atom. The molecule has 0 aliphatic carbocycles. The van der Waals surface area contributed by atoms with Crippen LogP contribution in [0.5, 0.6) is 0 Å². The Bertz CT molecular complexity index is 1300. The molecule has 0 N–H and O–H groups in total. The van der Waals surface area contributed by atoms with Gasteiger partial charge in [-0.25, -0.2) is 14.4 Å². The minimum atomic E-state index is -0.283. The van der Waals surface area contributed by atoms with Gasteiger partial charge in [-0.15, -0.1) is 10.2 Å². The molecule has 8 heteroatoms. The van der Waals surface area contributed by atoms with E-state index in [9.17, 15) is 4.39 Å². The van der Waals surface area contributed by atoms with Crippen LogP contribution in [0.4, 0.5) is 4.39 Å². The van der Waals surface area contributed by atoms with E-state index in [2.05, 4.69) is 26.7 Å². The first-order chi connectivity index (χ1) is 14.7. The molecule has 5 rings (SSSR count). The third-order valence-electron chi connectivity index (χ3n) is 4.99. The molecule has 5 aromatic rings. The fraction of sp³-hybridized carbons (Fsp3) is 0.182. The zero-order chi connectivity index (χ0) is 20.5. The van der Waals surface area contributed by atoms with E-state index >= 15 is 0 Å². The zero-order valence-electron chi connectivity index (χ0n) is 16.4. The highest BCUT2D eigenvalue weighted by Crippen LogP contribution is 2.26. The van der Waals surface area contributed by atoms with Crippen molar-refractivity contribution in [1.82, 2.24) is 29.3 Å². The Morgan fingerprint density at radius 1 is 1.10 bits per heavy atom. The van der Waals surface area contributed by atoms with Crippen molar-refractivity contribution in [2.24, 2.45) is 0 Å². The molecule has 150 valence electrons. The zero-order valence-corrected chi connectivity index (χ0v) is 16.4. The highest BCUT2D eigenvalue weighted by Gasteiger charge is 2.15. The maximum Gasteiger partial charge on any atom is 0.247 e. The second kappa shape index (κ2) is 7.55. The van der Waals surface area contributed by atoms with Gasteiger partial charge in [0.25, 0.3) is 0 Å². The van der Waals surface area contributed by atoms with Gasteiger partial charge in [-0.3, -0.25) is 0 Å². The quantitative estimate of drug-likeness (QED) is 0.417. The highest BCUT2D eigenvalue weighted by molar-refractivity contribution is 5.81. The summed E-state index contributed by atoms with van der Waals surface area (Å²) in [7, 11) is 0. The van der Waals surface area contributed by atoms with Crippen LogP contribution in [0, 0.1) is 5.82 Å². The van der Waals surface area contributed by atoms with Gasteiger partial charge in [0.1, 0.15) is 17.5 Å². The van der Waals surface area contributed by atoms with Gasteiger partial charge in [0.15, 0.2) is 0 Å². The largest absolute Gasteiger partial charge is 0.423 e. The summed E-state index contributed by atoms with van der Waals surface area (Å²) in [6, 6.07) is 12.4. The third kappa shape index (κ3) is 3.26. The smallest absolute Gasteiger partial charge is 0.247 e. The van der Waals surface area contributed by atoms with Crippen LogP contribution in [0.3, 0.4) is 0 Å². The average Bonchev–Trinajstić information content (AvgIpc) is 3.49. The van der Waals surface area contributed by atoms with Crippen molar-refractivity contribution in [3.8, 4) is 22.8 Å². The molecule has 2 aromatic carbocycles. The molecule has 0 aliphatic rings. The Balaban J connectivity index is 1.57. The molecule has 30 heavy (non-hydrogen) atoms. The van der Waals surface area contributed by atoms with Crippen molar-refractivity contribution >= 4 is 11.0 Å². The van der Waals surface area contributed by atoms with Gasteiger partial charge >= 0.3 is 0 Å². The Labute approximate surface area is 171 Å². The minimum absolute atomic E-state index is 0.283. The number of aryl methyl sites for hydroxylation is 1. The fourth-order valence-electron chi connectivity index (χ4n) is 3.68. The molecular formula is C22H19FN6O. The number of benzene rings is 2. The summed E-state index contributed by atoms with van der Waals surface area (Å²) in [6.45, 7) is 3.48. The van der Waals surface area contributed by atoms with Crippen molar-refractivity contribution in [3.63, 3.8) is 0 Å². The second-order valence-electron chi connectivity index (χ2n) is 7.02. The minimum Gasteiger partial charge on any atom is -0.423 e. The molecule has 7 nitrogen and oxygen atoms in total. The number of halogens is 1. The van der Waals surface area contributed by atoms with Crippen LogP contribution >= 0.6 is 0 Å². The van der Waals surface area contributed by atoms with Gasteiger partial charge in [-0.05, 0) is 36.8 Å². The number of rotatable bonds is 6. The third-order valence-corrected chi connectivity index (χ3v) is 4.99. The summed E-state index contributed by atoms with van der Waals surface area (Å²) in [5.41, 5.74) is 3.49. The van der Waals surface area contributed by atoms with E-state index in [1.54, 1.807) is 12.3 Å². The van der Waals surface area contributed by atoms with Gasteiger partial charge in [-0.1, -0.05) is 19.1 Å². The Kier molecular flexibility index (Phi) is 4.59. The van der Waals surface area contributed by atoms with Crippen LogP contribution in [0.25, 0.3) is 33.9 Å². The summed E-state index contributed by atoms with van der Waals surface area (Å²) in [5.74, 6) is 1.81. The summed E-state index contributed by atoms with van der Waals surface area (Å²) < 4.78 is 23.2. The van der Waals surface area contributed by atoms with E-state index in [4.69, 9.17) is 9.40 Å². The Hall–Kier alpha value is -3.81. The highest BCUT2D eigenvalue weighted by atomic mass is 19.1. The average molecular weight is 402 g/mol. The summed E-state index contributed by atoms with van der Waals surface area (Å²) in [6.07, 6.45) is 5.89. The first-order valence-electron chi connectivity index (χ1n) is 9.75. The van der Waals surface area contributed by atoms with E-state index in [0.29, 0.717) is 18.3 Å². The number of nitrogens with zero attached hydrogens (tertiary/aromatic N) is 6. The Morgan fingerprint density at radius 3 is 2.83 bits per heavy atom. The van der Waals surface area contributed by atoms with Crippen LogP contribution in [0.1, 0.15) is 19.2 Å². The molecule has 0 bridgehead atoms. The standard InChI is InChI=1S/C22H19FN6O/c1-2-9-29-19-12-16(22-27-25-14-30-22)6-7-18(19)26-20(29)13-28-10-8-24-21(28)15-4-3-5-17(23)11-15/h3-8,10-12,14H,2,9,13H2,1H3. The lowest BCUT2D eigenvalue weighted by atomic mass is 10.2. The first-order valence-corrected chi connectivity index (χ1v) is 9.75. The van der Waals surface area contributed by atoms with Crippen LogP contribution < -0.4 is 0 Å². The summed E-state index contributed by atoms with van der Waals surface area (Å²) in [5, 5.41) is 7.76. The monoisotopic (exact) mass is 402 g/mol. The first kappa shape index (κ1) is 18.2. The second-order valence-corrected chi connectivity index (χ2v) is 7.02. The maximum absolute atomic E-state index is 13.7. The van der Waals surface area contributed by atoms with Gasteiger partial charge < -0.3 is 13.6 Å². The number of hydrogen-bond acceptors (Lipinski definition) is 5. The van der Waals surface area contributed by atoms with E-state index < -0.39 is 0 Å². The molecule has 0 spiro atoms. The molecule has 0 amide bonds. The SMILES string of the molecule is CCCn1c(Cn2ccnc2-c2cccc(F)c2)nc2ccc(-c3nnco3)cc21. The molecule has 0 radical (unpaired) electrons. The molecule has 0 saturated carbocycles. The van der Waals surface area contributed by atoms with Gasteiger partial charge in [0.2, 0.25) is 12.3 Å². The van der Waals surface area contributed by atoms with Crippen LogP contribution in [0.2, 0.25) is 0 Å². The molecule has 3 heterocycles. The fourth-order valence-corrected chi connectivity index (χ4v) is 3.68. The molecule has 0 aliphatic heterocycles. The number of imidazole rings is 2. The number of hydrogen-bond donors (Lipinski definition) is 0. The topological polar surface area (TPSA) is 74.6 Å². The van der Waals surface area contributed by atoms with Crippen LogP contribution in [0.15, 0.2) is 65.7 Å². The molecule has 0 unspecified atom stereocenters. The van der Waals surface area contributed by atoms with Crippen molar-refractivity contribution in [2.75, 3.05) is 0 Å². The normalized spacial score (nSPS) is 11.4. The number of fused-ring (bicyclic) bond motifs is 1. The van der Waals surface area contributed by atoms with Crippen molar-refractivity contribution in [1.29, 1.82) is 0 Å². The predicted molar refractivity (Wildman–Crippen MR) is 110 cm³/mol. The van der Waals surface area contributed by atoms with Crippen LogP contribution in [-0.2, 0) is 13.1 Å². The molecule has 0 saturated heterocycles. The summed E-state index contributed by atoms with van der Waals surface area (Å²) >= 11 is 0. The lowest BCUT2D eigenvalue weighted by Crippen LogP contribution is -2.09.